The highest BCUT2D eigenvalue weighted by atomic mass is 19.4. The van der Waals surface area contributed by atoms with Crippen LogP contribution in [0.1, 0.15) is 75.6 Å². The Labute approximate surface area is 130 Å². The third-order valence-corrected chi connectivity index (χ3v) is 3.59. The van der Waals surface area contributed by atoms with Crippen molar-refractivity contribution in [3.63, 3.8) is 0 Å². The zero-order valence-electron chi connectivity index (χ0n) is 13.7. The number of amides is 1. The molecule has 1 atom stereocenters. The largest absolute Gasteiger partial charge is 0.391 e. The second kappa shape index (κ2) is 7.16. The van der Waals surface area contributed by atoms with Gasteiger partial charge in [-0.2, -0.15) is 13.2 Å². The minimum absolute atomic E-state index is 0.0817. The molecule has 0 fully saturated rings. The minimum atomic E-state index is -4.34. The second-order valence-electron chi connectivity index (χ2n) is 6.27. The lowest BCUT2D eigenvalue weighted by atomic mass is 9.87. The molecule has 0 heterocycles. The minimum Gasteiger partial charge on any atom is -0.349 e. The molecule has 1 aromatic carbocycles. The Balaban J connectivity index is 3.30. The van der Waals surface area contributed by atoms with Crippen LogP contribution in [0.3, 0.4) is 0 Å². The Kier molecular flexibility index (Phi) is 6.03. The maximum Gasteiger partial charge on any atom is 0.391 e. The van der Waals surface area contributed by atoms with Gasteiger partial charge in [0.15, 0.2) is 0 Å². The number of halogens is 3. The van der Waals surface area contributed by atoms with E-state index in [2.05, 4.69) is 5.32 Å². The van der Waals surface area contributed by atoms with E-state index in [4.69, 9.17) is 0 Å². The quantitative estimate of drug-likeness (QED) is 0.808. The summed E-state index contributed by atoms with van der Waals surface area (Å²) in [4.78, 5) is 11.3. The van der Waals surface area contributed by atoms with E-state index < -0.39 is 24.5 Å². The van der Waals surface area contributed by atoms with Crippen LogP contribution in [0.4, 0.5) is 13.2 Å². The van der Waals surface area contributed by atoms with Gasteiger partial charge in [0.05, 0.1) is 12.5 Å². The summed E-state index contributed by atoms with van der Waals surface area (Å²) in [5, 5.41) is 2.44. The van der Waals surface area contributed by atoms with Gasteiger partial charge >= 0.3 is 6.18 Å². The molecule has 5 heteroatoms. The maximum absolute atomic E-state index is 12.8. The fourth-order valence-electron chi connectivity index (χ4n) is 2.49. The van der Waals surface area contributed by atoms with Crippen molar-refractivity contribution >= 4 is 5.91 Å². The molecule has 0 bridgehead atoms. The predicted octanol–water partition coefficient (Wildman–Crippen LogP) is 5.06. The third-order valence-electron chi connectivity index (χ3n) is 3.59. The van der Waals surface area contributed by atoms with Crippen molar-refractivity contribution in [2.45, 2.75) is 65.1 Å². The van der Waals surface area contributed by atoms with Gasteiger partial charge in [-0.15, -0.1) is 0 Å². The van der Waals surface area contributed by atoms with Gasteiger partial charge in [0.25, 0.3) is 0 Å². The van der Waals surface area contributed by atoms with Crippen LogP contribution in [0.2, 0.25) is 0 Å². The van der Waals surface area contributed by atoms with Gasteiger partial charge in [-0.25, -0.2) is 0 Å². The van der Waals surface area contributed by atoms with Gasteiger partial charge in [-0.1, -0.05) is 45.9 Å². The van der Waals surface area contributed by atoms with Crippen LogP contribution in [0.15, 0.2) is 18.2 Å². The summed E-state index contributed by atoms with van der Waals surface area (Å²) in [6.45, 7) is 9.21. The number of hydrogen-bond acceptors (Lipinski definition) is 1. The monoisotopic (exact) mass is 315 g/mol. The van der Waals surface area contributed by atoms with Gasteiger partial charge in [-0.05, 0) is 28.5 Å². The van der Waals surface area contributed by atoms with Crippen molar-refractivity contribution < 1.29 is 18.0 Å². The molecule has 0 aliphatic rings. The normalized spacial score (nSPS) is 13.5. The zero-order valence-corrected chi connectivity index (χ0v) is 13.7. The first-order valence-corrected chi connectivity index (χ1v) is 7.49. The van der Waals surface area contributed by atoms with Crippen LogP contribution < -0.4 is 5.32 Å². The fraction of sp³-hybridized carbons (Fsp3) is 0.588. The van der Waals surface area contributed by atoms with E-state index in [1.165, 1.54) is 6.92 Å². The Bertz CT molecular complexity index is 521. The molecule has 0 aliphatic carbocycles. The highest BCUT2D eigenvalue weighted by Crippen LogP contribution is 2.34. The van der Waals surface area contributed by atoms with Gasteiger partial charge < -0.3 is 5.32 Å². The third kappa shape index (κ3) is 5.35. The lowest BCUT2D eigenvalue weighted by molar-refractivity contribution is -0.142. The number of benzene rings is 1. The molecule has 0 saturated carbocycles. The van der Waals surface area contributed by atoms with Gasteiger partial charge in [-0.3, -0.25) is 4.79 Å². The molecule has 1 rings (SSSR count). The zero-order chi connectivity index (χ0) is 17.1. The highest BCUT2D eigenvalue weighted by molar-refractivity contribution is 5.73. The van der Waals surface area contributed by atoms with E-state index in [0.29, 0.717) is 11.5 Å². The van der Waals surface area contributed by atoms with Gasteiger partial charge in [0.2, 0.25) is 5.91 Å². The number of nitrogens with one attached hydrogen (secondary N) is 1. The van der Waals surface area contributed by atoms with Crippen molar-refractivity contribution in [1.82, 2.24) is 5.32 Å². The molecular weight excluding hydrogens is 291 g/mol. The molecule has 124 valence electrons. The lowest BCUT2D eigenvalue weighted by Gasteiger charge is -2.25. The van der Waals surface area contributed by atoms with Crippen molar-refractivity contribution in [3.8, 4) is 0 Å². The van der Waals surface area contributed by atoms with Crippen LogP contribution in [0.25, 0.3) is 0 Å². The van der Waals surface area contributed by atoms with Crippen molar-refractivity contribution in [2.24, 2.45) is 0 Å². The average Bonchev–Trinajstić information content (AvgIpc) is 2.34. The maximum atomic E-state index is 12.8. The molecule has 0 spiro atoms. The van der Waals surface area contributed by atoms with Crippen LogP contribution in [0.5, 0.6) is 0 Å². The predicted molar refractivity (Wildman–Crippen MR) is 81.8 cm³/mol. The molecule has 1 aromatic rings. The molecular formula is C17H24F3NO. The Morgan fingerprint density at radius 3 is 2.09 bits per heavy atom. The second-order valence-corrected chi connectivity index (χ2v) is 6.27. The summed E-state index contributed by atoms with van der Waals surface area (Å²) >= 11 is 0. The topological polar surface area (TPSA) is 29.1 Å². The molecule has 22 heavy (non-hydrogen) atoms. The number of carbonyl (C=O) groups is 1. The molecule has 0 aliphatic heterocycles. The van der Waals surface area contributed by atoms with E-state index in [-0.39, 0.29) is 5.92 Å². The SMILES string of the molecule is CC(=O)NC(CC(F)(F)F)c1ccc(C(C)C)cc1C(C)C. The van der Waals surface area contributed by atoms with Crippen LogP contribution in [0, 0.1) is 0 Å². The van der Waals surface area contributed by atoms with Crippen molar-refractivity contribution in [1.29, 1.82) is 0 Å². The standard InChI is InChI=1S/C17H24F3NO/c1-10(2)13-6-7-14(15(8-13)11(3)4)16(21-12(5)22)9-17(18,19)20/h6-8,10-11,16H,9H2,1-5H3,(H,21,22). The van der Waals surface area contributed by atoms with E-state index in [1.807, 2.05) is 39.8 Å². The molecule has 0 radical (unpaired) electrons. The van der Waals surface area contributed by atoms with Crippen molar-refractivity contribution in [2.75, 3.05) is 0 Å². The summed E-state index contributed by atoms with van der Waals surface area (Å²) in [6.07, 6.45) is -5.40. The van der Waals surface area contributed by atoms with E-state index in [0.717, 1.165) is 11.1 Å². The summed E-state index contributed by atoms with van der Waals surface area (Å²) in [6, 6.07) is 4.47. The summed E-state index contributed by atoms with van der Waals surface area (Å²) < 4.78 is 38.5. The summed E-state index contributed by atoms with van der Waals surface area (Å²) in [5.74, 6) is -0.0801. The first-order valence-electron chi connectivity index (χ1n) is 7.49. The lowest BCUT2D eigenvalue weighted by Crippen LogP contribution is -2.31. The molecule has 1 amide bonds. The first kappa shape index (κ1) is 18.5. The number of carbonyl (C=O) groups excluding carboxylic acids is 1. The van der Waals surface area contributed by atoms with Crippen LogP contribution in [-0.4, -0.2) is 12.1 Å². The van der Waals surface area contributed by atoms with E-state index in [1.54, 1.807) is 6.07 Å². The van der Waals surface area contributed by atoms with Gasteiger partial charge in [0.1, 0.15) is 0 Å². The fourth-order valence-corrected chi connectivity index (χ4v) is 2.49. The Hall–Kier alpha value is -1.52. The molecule has 0 saturated heterocycles. The Morgan fingerprint density at radius 1 is 1.09 bits per heavy atom. The number of alkyl halides is 3. The molecule has 0 aromatic heterocycles. The average molecular weight is 315 g/mol. The summed E-state index contributed by atoms with van der Waals surface area (Å²) in [7, 11) is 0. The Morgan fingerprint density at radius 2 is 1.68 bits per heavy atom. The van der Waals surface area contributed by atoms with E-state index >= 15 is 0 Å². The number of hydrogen-bond donors (Lipinski definition) is 1. The van der Waals surface area contributed by atoms with E-state index in [9.17, 15) is 18.0 Å². The van der Waals surface area contributed by atoms with Gasteiger partial charge in [0, 0.05) is 6.92 Å². The molecule has 1 N–H and O–H groups in total. The first-order chi connectivity index (χ1) is 10.0. The highest BCUT2D eigenvalue weighted by Gasteiger charge is 2.34. The smallest absolute Gasteiger partial charge is 0.349 e. The van der Waals surface area contributed by atoms with Crippen LogP contribution in [-0.2, 0) is 4.79 Å². The van der Waals surface area contributed by atoms with Crippen LogP contribution >= 0.6 is 0 Å². The molecule has 2 nitrogen and oxygen atoms in total. The molecule has 1 unspecified atom stereocenters. The van der Waals surface area contributed by atoms with Crippen molar-refractivity contribution in [3.05, 3.63) is 34.9 Å². The summed E-state index contributed by atoms with van der Waals surface area (Å²) in [5.41, 5.74) is 2.49. The number of rotatable bonds is 5.